The predicted octanol–water partition coefficient (Wildman–Crippen LogP) is 3.68. The molecular formula is C15H20ClF3N2O. The van der Waals surface area contributed by atoms with Gasteiger partial charge in [0.15, 0.2) is 0 Å². The summed E-state index contributed by atoms with van der Waals surface area (Å²) in [5.74, 6) is -0.123. The highest BCUT2D eigenvalue weighted by atomic mass is 35.5. The molecule has 0 spiro atoms. The summed E-state index contributed by atoms with van der Waals surface area (Å²) >= 11 is 0. The number of anilines is 1. The molecule has 1 atom stereocenters. The maximum atomic E-state index is 12.2. The van der Waals surface area contributed by atoms with Gasteiger partial charge in [0, 0.05) is 12.1 Å². The molecule has 0 aliphatic carbocycles. The topological polar surface area (TPSA) is 41.1 Å². The SMILES string of the molecule is Cl.O=C(Nc1cccc(CCC(F)(F)F)c1)C1CCCCN1. The number of rotatable bonds is 4. The summed E-state index contributed by atoms with van der Waals surface area (Å²) in [5.41, 5.74) is 1.12. The van der Waals surface area contributed by atoms with E-state index in [1.807, 2.05) is 0 Å². The molecule has 3 nitrogen and oxygen atoms in total. The van der Waals surface area contributed by atoms with E-state index < -0.39 is 12.6 Å². The van der Waals surface area contributed by atoms with E-state index in [9.17, 15) is 18.0 Å². The summed E-state index contributed by atoms with van der Waals surface area (Å²) in [6.45, 7) is 0.823. The second-order valence-electron chi connectivity index (χ2n) is 5.31. The minimum atomic E-state index is -4.16. The first-order valence-electron chi connectivity index (χ1n) is 7.14. The van der Waals surface area contributed by atoms with Crippen LogP contribution in [-0.2, 0) is 11.2 Å². The molecule has 1 aliphatic heterocycles. The maximum absolute atomic E-state index is 12.2. The van der Waals surface area contributed by atoms with Crippen molar-refractivity contribution in [2.45, 2.75) is 44.3 Å². The van der Waals surface area contributed by atoms with Gasteiger partial charge in [0.25, 0.3) is 0 Å². The van der Waals surface area contributed by atoms with Gasteiger partial charge in [-0.05, 0) is 43.5 Å². The van der Waals surface area contributed by atoms with Crippen LogP contribution in [0.1, 0.15) is 31.2 Å². The smallest absolute Gasteiger partial charge is 0.325 e. The quantitative estimate of drug-likeness (QED) is 0.880. The van der Waals surface area contributed by atoms with Crippen LogP contribution >= 0.6 is 12.4 Å². The third kappa shape index (κ3) is 6.23. The lowest BCUT2D eigenvalue weighted by Gasteiger charge is -2.22. The second-order valence-corrected chi connectivity index (χ2v) is 5.31. The summed E-state index contributed by atoms with van der Waals surface area (Å²) in [5, 5.41) is 5.90. The minimum absolute atomic E-state index is 0. The van der Waals surface area contributed by atoms with Crippen molar-refractivity contribution in [3.05, 3.63) is 29.8 Å². The fourth-order valence-corrected chi connectivity index (χ4v) is 2.40. The number of carbonyl (C=O) groups excluding carboxylic acids is 1. The Morgan fingerprint density at radius 2 is 2.09 bits per heavy atom. The molecule has 1 aromatic carbocycles. The molecule has 2 rings (SSSR count). The van der Waals surface area contributed by atoms with Crippen molar-refractivity contribution in [1.82, 2.24) is 5.32 Å². The summed E-state index contributed by atoms with van der Waals surface area (Å²) < 4.78 is 36.7. The summed E-state index contributed by atoms with van der Waals surface area (Å²) in [6.07, 6.45) is -2.22. The van der Waals surface area contributed by atoms with Gasteiger partial charge in [-0.2, -0.15) is 13.2 Å². The molecule has 1 saturated heterocycles. The van der Waals surface area contributed by atoms with Crippen LogP contribution in [0.25, 0.3) is 0 Å². The van der Waals surface area contributed by atoms with Crippen LogP contribution < -0.4 is 10.6 Å². The van der Waals surface area contributed by atoms with E-state index in [2.05, 4.69) is 10.6 Å². The molecular weight excluding hydrogens is 317 g/mol. The Morgan fingerprint density at radius 3 is 2.73 bits per heavy atom. The molecule has 2 N–H and O–H groups in total. The van der Waals surface area contributed by atoms with Gasteiger partial charge in [-0.25, -0.2) is 0 Å². The van der Waals surface area contributed by atoms with Gasteiger partial charge in [0.1, 0.15) is 0 Å². The molecule has 0 bridgehead atoms. The van der Waals surface area contributed by atoms with Crippen molar-refractivity contribution < 1.29 is 18.0 Å². The molecule has 1 aromatic rings. The summed E-state index contributed by atoms with van der Waals surface area (Å²) in [7, 11) is 0. The van der Waals surface area contributed by atoms with Crippen molar-refractivity contribution in [2.24, 2.45) is 0 Å². The molecule has 1 aliphatic rings. The van der Waals surface area contributed by atoms with Crippen LogP contribution in [0, 0.1) is 0 Å². The number of amides is 1. The average molecular weight is 337 g/mol. The molecule has 1 heterocycles. The normalized spacial score (nSPS) is 18.4. The Kier molecular flexibility index (Phi) is 7.16. The van der Waals surface area contributed by atoms with E-state index in [-0.39, 0.29) is 30.8 Å². The third-order valence-electron chi connectivity index (χ3n) is 3.52. The minimum Gasteiger partial charge on any atom is -0.325 e. The van der Waals surface area contributed by atoms with Crippen molar-refractivity contribution >= 4 is 24.0 Å². The van der Waals surface area contributed by atoms with E-state index in [4.69, 9.17) is 0 Å². The second kappa shape index (κ2) is 8.39. The molecule has 0 aromatic heterocycles. The zero-order valence-corrected chi connectivity index (χ0v) is 12.9. The molecule has 1 amide bonds. The first kappa shape index (κ1) is 18.8. The van der Waals surface area contributed by atoms with Crippen LogP contribution in [0.2, 0.25) is 0 Å². The predicted molar refractivity (Wildman–Crippen MR) is 82.3 cm³/mol. The van der Waals surface area contributed by atoms with Gasteiger partial charge in [-0.3, -0.25) is 4.79 Å². The van der Waals surface area contributed by atoms with Gasteiger partial charge in [-0.1, -0.05) is 18.6 Å². The van der Waals surface area contributed by atoms with Gasteiger partial charge in [0.05, 0.1) is 6.04 Å². The zero-order chi connectivity index (χ0) is 15.3. The monoisotopic (exact) mass is 336 g/mol. The lowest BCUT2D eigenvalue weighted by atomic mass is 10.0. The van der Waals surface area contributed by atoms with Crippen LogP contribution in [0.5, 0.6) is 0 Å². The molecule has 7 heteroatoms. The molecule has 1 unspecified atom stereocenters. The maximum Gasteiger partial charge on any atom is 0.389 e. The fourth-order valence-electron chi connectivity index (χ4n) is 2.40. The first-order chi connectivity index (χ1) is 9.94. The number of piperidine rings is 1. The van der Waals surface area contributed by atoms with E-state index in [1.54, 1.807) is 24.3 Å². The molecule has 22 heavy (non-hydrogen) atoms. The van der Waals surface area contributed by atoms with Crippen LogP contribution in [-0.4, -0.2) is 24.7 Å². The number of hydrogen-bond donors (Lipinski definition) is 2. The van der Waals surface area contributed by atoms with E-state index >= 15 is 0 Å². The Morgan fingerprint density at radius 1 is 1.32 bits per heavy atom. The largest absolute Gasteiger partial charge is 0.389 e. The van der Waals surface area contributed by atoms with Gasteiger partial charge < -0.3 is 10.6 Å². The highest BCUT2D eigenvalue weighted by Gasteiger charge is 2.26. The Hall–Kier alpha value is -1.27. The number of aryl methyl sites for hydroxylation is 1. The van der Waals surface area contributed by atoms with E-state index in [1.165, 1.54) is 0 Å². The standard InChI is InChI=1S/C15H19F3N2O.ClH/c16-15(17,18)8-7-11-4-3-5-12(10-11)20-14(21)13-6-1-2-9-19-13;/h3-5,10,13,19H,1-2,6-9H2,(H,20,21);1H. The first-order valence-corrected chi connectivity index (χ1v) is 7.14. The Balaban J connectivity index is 0.00000242. The Labute approximate surface area is 134 Å². The molecule has 0 saturated carbocycles. The lowest BCUT2D eigenvalue weighted by molar-refractivity contribution is -0.134. The van der Waals surface area contributed by atoms with Crippen molar-refractivity contribution in [2.75, 3.05) is 11.9 Å². The number of alkyl halides is 3. The molecule has 0 radical (unpaired) electrons. The zero-order valence-electron chi connectivity index (χ0n) is 12.1. The van der Waals surface area contributed by atoms with Crippen LogP contribution in [0.3, 0.4) is 0 Å². The molecule has 124 valence electrons. The van der Waals surface area contributed by atoms with Crippen LogP contribution in [0.15, 0.2) is 24.3 Å². The van der Waals surface area contributed by atoms with Crippen molar-refractivity contribution in [3.8, 4) is 0 Å². The third-order valence-corrected chi connectivity index (χ3v) is 3.52. The number of benzene rings is 1. The van der Waals surface area contributed by atoms with E-state index in [0.717, 1.165) is 25.8 Å². The fraction of sp³-hybridized carbons (Fsp3) is 0.533. The van der Waals surface area contributed by atoms with Crippen molar-refractivity contribution in [1.29, 1.82) is 0 Å². The van der Waals surface area contributed by atoms with Gasteiger partial charge in [-0.15, -0.1) is 12.4 Å². The van der Waals surface area contributed by atoms with Gasteiger partial charge >= 0.3 is 6.18 Å². The average Bonchev–Trinajstić information content (AvgIpc) is 2.46. The van der Waals surface area contributed by atoms with Crippen molar-refractivity contribution in [3.63, 3.8) is 0 Å². The Bertz CT molecular complexity index is 488. The molecule has 1 fully saturated rings. The summed E-state index contributed by atoms with van der Waals surface area (Å²) in [6, 6.07) is 6.39. The highest BCUT2D eigenvalue weighted by molar-refractivity contribution is 5.94. The van der Waals surface area contributed by atoms with Gasteiger partial charge in [0.2, 0.25) is 5.91 Å². The van der Waals surface area contributed by atoms with E-state index in [0.29, 0.717) is 11.3 Å². The highest BCUT2D eigenvalue weighted by Crippen LogP contribution is 2.23. The summed E-state index contributed by atoms with van der Waals surface area (Å²) in [4.78, 5) is 12.0. The number of hydrogen-bond acceptors (Lipinski definition) is 2. The lowest BCUT2D eigenvalue weighted by Crippen LogP contribution is -2.43. The number of carbonyl (C=O) groups is 1. The number of nitrogens with one attached hydrogen (secondary N) is 2. The van der Waals surface area contributed by atoms with Crippen LogP contribution in [0.4, 0.5) is 18.9 Å². The number of halogens is 4.